The Labute approximate surface area is 140 Å². The maximum absolute atomic E-state index is 12.7. The van der Waals surface area contributed by atoms with E-state index in [9.17, 15) is 9.59 Å². The molecule has 6 nitrogen and oxygen atoms in total. The van der Waals surface area contributed by atoms with Crippen molar-refractivity contribution in [3.8, 4) is 0 Å². The van der Waals surface area contributed by atoms with Crippen LogP contribution < -0.4 is 10.6 Å². The highest BCUT2D eigenvalue weighted by molar-refractivity contribution is 5.98. The number of hydrogen-bond acceptors (Lipinski definition) is 3. The van der Waals surface area contributed by atoms with Crippen molar-refractivity contribution in [2.45, 2.75) is 50.6 Å². The Morgan fingerprint density at radius 1 is 1.42 bits per heavy atom. The van der Waals surface area contributed by atoms with Crippen molar-refractivity contribution >= 4 is 22.8 Å². The van der Waals surface area contributed by atoms with Crippen LogP contribution >= 0.6 is 0 Å². The lowest BCUT2D eigenvalue weighted by Gasteiger charge is -2.50. The number of fused-ring (bicyclic) bond motifs is 1. The minimum atomic E-state index is -0.224. The average molecular weight is 326 g/mol. The lowest BCUT2D eigenvalue weighted by atomic mass is 9.68. The molecular weight excluding hydrogens is 304 g/mol. The van der Waals surface area contributed by atoms with Crippen molar-refractivity contribution < 1.29 is 9.59 Å². The molecule has 126 valence electrons. The number of aryl methyl sites for hydroxylation is 2. The van der Waals surface area contributed by atoms with E-state index in [1.165, 1.54) is 0 Å². The second kappa shape index (κ2) is 5.33. The Hall–Kier alpha value is -2.37. The van der Waals surface area contributed by atoms with Crippen molar-refractivity contribution in [2.75, 3.05) is 0 Å². The second-order valence-electron chi connectivity index (χ2n) is 7.04. The van der Waals surface area contributed by atoms with Gasteiger partial charge in [-0.1, -0.05) is 0 Å². The van der Waals surface area contributed by atoms with Crippen LogP contribution in [0.2, 0.25) is 0 Å². The normalized spacial score (nSPS) is 22.2. The predicted octanol–water partition coefficient (Wildman–Crippen LogP) is 1.81. The van der Waals surface area contributed by atoms with Gasteiger partial charge >= 0.3 is 0 Å². The molecule has 1 saturated carbocycles. The lowest BCUT2D eigenvalue weighted by molar-refractivity contribution is -0.127. The highest BCUT2D eigenvalue weighted by Gasteiger charge is 2.48. The summed E-state index contributed by atoms with van der Waals surface area (Å²) < 4.78 is 1.99. The maximum atomic E-state index is 12.7. The first-order chi connectivity index (χ1) is 11.5. The molecular formula is C18H22N4O2. The van der Waals surface area contributed by atoms with Gasteiger partial charge in [0.1, 0.15) is 5.82 Å². The summed E-state index contributed by atoms with van der Waals surface area (Å²) in [5.41, 5.74) is 2.26. The summed E-state index contributed by atoms with van der Waals surface area (Å²) in [6, 6.07) is 5.61. The number of carbonyl (C=O) groups is 2. The van der Waals surface area contributed by atoms with Crippen molar-refractivity contribution in [1.82, 2.24) is 20.2 Å². The number of benzene rings is 1. The Morgan fingerprint density at radius 3 is 2.92 bits per heavy atom. The number of carbonyl (C=O) groups excluding carboxylic acids is 2. The van der Waals surface area contributed by atoms with Gasteiger partial charge in [-0.05, 0) is 50.8 Å². The van der Waals surface area contributed by atoms with Gasteiger partial charge in [0.05, 0.1) is 22.6 Å². The fraction of sp³-hybridized carbons (Fsp3) is 0.500. The van der Waals surface area contributed by atoms with E-state index >= 15 is 0 Å². The number of nitrogens with zero attached hydrogens (tertiary/aromatic N) is 2. The number of aromatic nitrogens is 2. The molecule has 1 spiro atoms. The lowest BCUT2D eigenvalue weighted by Crippen LogP contribution is -2.68. The summed E-state index contributed by atoms with van der Waals surface area (Å²) in [5, 5.41) is 6.27. The van der Waals surface area contributed by atoms with Crippen LogP contribution in [0.25, 0.3) is 11.0 Å². The molecule has 2 fully saturated rings. The van der Waals surface area contributed by atoms with Crippen LogP contribution in [0.3, 0.4) is 0 Å². The highest BCUT2D eigenvalue weighted by atomic mass is 16.2. The van der Waals surface area contributed by atoms with E-state index in [0.717, 1.165) is 36.1 Å². The van der Waals surface area contributed by atoms with Crippen LogP contribution in [0, 0.1) is 6.92 Å². The Morgan fingerprint density at radius 2 is 2.21 bits per heavy atom. The Kier molecular flexibility index (Phi) is 3.37. The van der Waals surface area contributed by atoms with Gasteiger partial charge in [-0.3, -0.25) is 9.59 Å². The third-order valence-electron chi connectivity index (χ3n) is 5.63. The summed E-state index contributed by atoms with van der Waals surface area (Å²) >= 11 is 0. The molecule has 2 heterocycles. The van der Waals surface area contributed by atoms with Gasteiger partial charge in [0.15, 0.2) is 0 Å². The van der Waals surface area contributed by atoms with Crippen LogP contribution in [0.5, 0.6) is 0 Å². The molecule has 1 unspecified atom stereocenters. The highest BCUT2D eigenvalue weighted by Crippen LogP contribution is 2.39. The van der Waals surface area contributed by atoms with Crippen LogP contribution in [-0.4, -0.2) is 32.9 Å². The summed E-state index contributed by atoms with van der Waals surface area (Å²) in [7, 11) is 1.95. The third-order valence-corrected chi connectivity index (χ3v) is 5.63. The van der Waals surface area contributed by atoms with Gasteiger partial charge in [0, 0.05) is 19.0 Å². The Balaban J connectivity index is 1.57. The average Bonchev–Trinajstić information content (AvgIpc) is 2.82. The van der Waals surface area contributed by atoms with Crippen molar-refractivity contribution in [2.24, 2.45) is 7.05 Å². The molecule has 2 aliphatic rings. The van der Waals surface area contributed by atoms with E-state index in [0.29, 0.717) is 18.4 Å². The first-order valence-electron chi connectivity index (χ1n) is 8.53. The molecule has 2 amide bonds. The van der Waals surface area contributed by atoms with Crippen molar-refractivity contribution in [3.63, 3.8) is 0 Å². The monoisotopic (exact) mass is 326 g/mol. The number of amides is 2. The topological polar surface area (TPSA) is 76.0 Å². The van der Waals surface area contributed by atoms with E-state index in [-0.39, 0.29) is 23.4 Å². The van der Waals surface area contributed by atoms with Crippen LogP contribution in [-0.2, 0) is 11.8 Å². The molecule has 6 heteroatoms. The summed E-state index contributed by atoms with van der Waals surface area (Å²) in [5.74, 6) is 0.945. The van der Waals surface area contributed by atoms with Crippen molar-refractivity contribution in [1.29, 1.82) is 0 Å². The quantitative estimate of drug-likeness (QED) is 0.884. The zero-order valence-electron chi connectivity index (χ0n) is 14.1. The molecule has 24 heavy (non-hydrogen) atoms. The number of imidazole rings is 1. The summed E-state index contributed by atoms with van der Waals surface area (Å²) in [6.07, 6.45) is 4.19. The molecule has 1 aliphatic heterocycles. The minimum Gasteiger partial charge on any atom is -0.349 e. The molecule has 1 aromatic heterocycles. The van der Waals surface area contributed by atoms with E-state index in [4.69, 9.17) is 0 Å². The smallest absolute Gasteiger partial charge is 0.251 e. The van der Waals surface area contributed by atoms with E-state index in [1.54, 1.807) is 0 Å². The Bertz CT molecular complexity index is 835. The summed E-state index contributed by atoms with van der Waals surface area (Å²) in [6.45, 7) is 1.95. The van der Waals surface area contributed by atoms with Gasteiger partial charge in [-0.25, -0.2) is 4.98 Å². The minimum absolute atomic E-state index is 0.0143. The van der Waals surface area contributed by atoms with Gasteiger partial charge in [-0.15, -0.1) is 0 Å². The zero-order chi connectivity index (χ0) is 16.9. The SMILES string of the molecule is Cc1nc2ccc(C(=O)NC3CCC(=O)NC34CCC4)cc2n1C. The van der Waals surface area contributed by atoms with Crippen LogP contribution in [0.4, 0.5) is 0 Å². The first kappa shape index (κ1) is 15.2. The molecule has 1 atom stereocenters. The second-order valence-corrected chi connectivity index (χ2v) is 7.04. The number of nitrogens with one attached hydrogen (secondary N) is 2. The zero-order valence-corrected chi connectivity index (χ0v) is 14.1. The largest absolute Gasteiger partial charge is 0.349 e. The van der Waals surface area contributed by atoms with Gasteiger partial charge in [-0.2, -0.15) is 0 Å². The molecule has 0 bridgehead atoms. The maximum Gasteiger partial charge on any atom is 0.251 e. The first-order valence-corrected chi connectivity index (χ1v) is 8.53. The standard InChI is InChI=1S/C18H22N4O2/c1-11-19-13-5-4-12(10-14(13)22(11)2)17(24)20-15-6-7-16(23)21-18(15)8-3-9-18/h4-5,10,15H,3,6-9H2,1-2H3,(H,20,24)(H,21,23). The molecule has 1 aliphatic carbocycles. The van der Waals surface area contributed by atoms with E-state index < -0.39 is 0 Å². The summed E-state index contributed by atoms with van der Waals surface area (Å²) in [4.78, 5) is 28.9. The molecule has 2 aromatic rings. The number of piperidine rings is 1. The fourth-order valence-electron chi connectivity index (χ4n) is 3.91. The van der Waals surface area contributed by atoms with Crippen LogP contribution in [0.15, 0.2) is 18.2 Å². The van der Waals surface area contributed by atoms with Gasteiger partial charge < -0.3 is 15.2 Å². The number of hydrogen-bond donors (Lipinski definition) is 2. The van der Waals surface area contributed by atoms with E-state index in [1.807, 2.05) is 36.7 Å². The van der Waals surface area contributed by atoms with Gasteiger partial charge in [0.2, 0.25) is 5.91 Å². The molecule has 0 radical (unpaired) electrons. The third kappa shape index (κ3) is 2.28. The predicted molar refractivity (Wildman–Crippen MR) is 90.7 cm³/mol. The van der Waals surface area contributed by atoms with E-state index in [2.05, 4.69) is 15.6 Å². The van der Waals surface area contributed by atoms with Crippen LogP contribution in [0.1, 0.15) is 48.3 Å². The number of rotatable bonds is 2. The van der Waals surface area contributed by atoms with Gasteiger partial charge in [0.25, 0.3) is 5.91 Å². The van der Waals surface area contributed by atoms with Crippen molar-refractivity contribution in [3.05, 3.63) is 29.6 Å². The molecule has 4 rings (SSSR count). The molecule has 2 N–H and O–H groups in total. The molecule has 1 saturated heterocycles. The molecule has 1 aromatic carbocycles. The fourth-order valence-corrected chi connectivity index (χ4v) is 3.91.